The molecule has 0 amide bonds. The molecule has 2 nitrogen and oxygen atoms in total. The van der Waals surface area contributed by atoms with Crippen LogP contribution in [0.3, 0.4) is 0 Å². The number of halogens is 3. The Labute approximate surface area is 92.8 Å². The van der Waals surface area contributed by atoms with Crippen molar-refractivity contribution in [3.63, 3.8) is 0 Å². The Morgan fingerprint density at radius 1 is 1.19 bits per heavy atom. The van der Waals surface area contributed by atoms with Crippen molar-refractivity contribution < 1.29 is 13.2 Å². The van der Waals surface area contributed by atoms with Crippen molar-refractivity contribution in [2.24, 2.45) is 5.92 Å². The molecule has 2 unspecified atom stereocenters. The molecule has 2 rings (SSSR count). The average Bonchev–Trinajstić information content (AvgIpc) is 2.99. The molecule has 90 valence electrons. The molecule has 0 aliphatic heterocycles. The van der Waals surface area contributed by atoms with E-state index in [1.807, 2.05) is 0 Å². The van der Waals surface area contributed by atoms with E-state index in [0.29, 0.717) is 6.42 Å². The van der Waals surface area contributed by atoms with Crippen molar-refractivity contribution in [3.05, 3.63) is 0 Å². The first-order valence-electron chi connectivity index (χ1n) is 5.72. The van der Waals surface area contributed by atoms with Crippen molar-refractivity contribution in [1.29, 1.82) is 5.26 Å². The third-order valence-electron chi connectivity index (χ3n) is 3.69. The number of hydrogen-bond donors (Lipinski definition) is 1. The second-order valence-corrected chi connectivity index (χ2v) is 4.85. The molecule has 0 saturated heterocycles. The maximum absolute atomic E-state index is 12.7. The average molecular weight is 232 g/mol. The van der Waals surface area contributed by atoms with Gasteiger partial charge in [-0.05, 0) is 25.7 Å². The molecule has 2 aliphatic rings. The summed E-state index contributed by atoms with van der Waals surface area (Å²) in [5, 5.41) is 11.6. The van der Waals surface area contributed by atoms with E-state index in [4.69, 9.17) is 5.26 Å². The molecule has 0 aromatic carbocycles. The molecular formula is C11H15F3N2. The molecule has 2 aliphatic carbocycles. The lowest BCUT2D eigenvalue weighted by molar-refractivity contribution is -0.169. The largest absolute Gasteiger partial charge is 0.406 e. The second-order valence-electron chi connectivity index (χ2n) is 4.85. The number of hydrogen-bond acceptors (Lipinski definition) is 2. The smallest absolute Gasteiger partial charge is 0.299 e. The molecule has 2 saturated carbocycles. The van der Waals surface area contributed by atoms with Crippen molar-refractivity contribution >= 4 is 0 Å². The number of nitrogens with one attached hydrogen (secondary N) is 1. The molecule has 2 fully saturated rings. The zero-order chi connectivity index (χ0) is 11.8. The van der Waals surface area contributed by atoms with E-state index in [9.17, 15) is 13.2 Å². The lowest BCUT2D eigenvalue weighted by Crippen LogP contribution is -2.52. The van der Waals surface area contributed by atoms with Crippen LogP contribution in [0.15, 0.2) is 0 Å². The molecule has 0 bridgehead atoms. The summed E-state index contributed by atoms with van der Waals surface area (Å²) >= 11 is 0. The van der Waals surface area contributed by atoms with E-state index in [1.54, 1.807) is 0 Å². The van der Waals surface area contributed by atoms with Crippen LogP contribution in [0, 0.1) is 17.2 Å². The zero-order valence-corrected chi connectivity index (χ0v) is 8.98. The van der Waals surface area contributed by atoms with Crippen LogP contribution in [0.1, 0.15) is 38.5 Å². The van der Waals surface area contributed by atoms with Crippen LogP contribution in [-0.2, 0) is 0 Å². The normalized spacial score (nSPS) is 33.1. The molecular weight excluding hydrogens is 217 g/mol. The van der Waals surface area contributed by atoms with Gasteiger partial charge in [-0.1, -0.05) is 12.8 Å². The van der Waals surface area contributed by atoms with Crippen LogP contribution in [-0.4, -0.2) is 17.8 Å². The number of nitriles is 1. The fourth-order valence-corrected chi connectivity index (χ4v) is 2.45. The predicted octanol–water partition coefficient (Wildman–Crippen LogP) is 2.75. The van der Waals surface area contributed by atoms with Crippen LogP contribution in [0.5, 0.6) is 0 Å². The van der Waals surface area contributed by atoms with Gasteiger partial charge in [0.15, 0.2) is 0 Å². The van der Waals surface area contributed by atoms with Gasteiger partial charge in [0.25, 0.3) is 0 Å². The molecule has 16 heavy (non-hydrogen) atoms. The van der Waals surface area contributed by atoms with Gasteiger partial charge in [0.05, 0.1) is 12.0 Å². The summed E-state index contributed by atoms with van der Waals surface area (Å²) in [5.74, 6) is -0.256. The van der Waals surface area contributed by atoms with Crippen molar-refractivity contribution in [2.75, 3.05) is 0 Å². The maximum atomic E-state index is 12.7. The molecule has 0 spiro atoms. The van der Waals surface area contributed by atoms with Crippen LogP contribution in [0.2, 0.25) is 0 Å². The molecule has 5 heteroatoms. The Balaban J connectivity index is 2.01. The van der Waals surface area contributed by atoms with E-state index >= 15 is 0 Å². The fraction of sp³-hybridized carbons (Fsp3) is 0.909. The molecule has 2 atom stereocenters. The van der Waals surface area contributed by atoms with Gasteiger partial charge >= 0.3 is 6.18 Å². The first kappa shape index (κ1) is 11.7. The van der Waals surface area contributed by atoms with Gasteiger partial charge in [0, 0.05) is 6.04 Å². The van der Waals surface area contributed by atoms with Gasteiger partial charge in [-0.3, -0.25) is 5.32 Å². The lowest BCUT2D eigenvalue weighted by Gasteiger charge is -2.32. The summed E-state index contributed by atoms with van der Waals surface area (Å²) in [6, 6.07) is 1.85. The minimum absolute atomic E-state index is 0.158. The van der Waals surface area contributed by atoms with E-state index in [1.165, 1.54) is 0 Å². The van der Waals surface area contributed by atoms with Crippen LogP contribution in [0.4, 0.5) is 13.2 Å². The summed E-state index contributed by atoms with van der Waals surface area (Å²) < 4.78 is 38.2. The van der Waals surface area contributed by atoms with Crippen molar-refractivity contribution in [3.8, 4) is 6.07 Å². The first-order valence-corrected chi connectivity index (χ1v) is 5.72. The van der Waals surface area contributed by atoms with E-state index in [0.717, 1.165) is 19.3 Å². The van der Waals surface area contributed by atoms with E-state index in [-0.39, 0.29) is 24.8 Å². The summed E-state index contributed by atoms with van der Waals surface area (Å²) in [6.45, 7) is 0. The minimum atomic E-state index is -4.18. The summed E-state index contributed by atoms with van der Waals surface area (Å²) in [6.07, 6.45) is -0.571. The lowest BCUT2D eigenvalue weighted by atomic mass is 9.85. The third kappa shape index (κ3) is 2.03. The van der Waals surface area contributed by atoms with Crippen LogP contribution >= 0.6 is 0 Å². The van der Waals surface area contributed by atoms with Crippen LogP contribution in [0.25, 0.3) is 0 Å². The topological polar surface area (TPSA) is 35.8 Å². The second kappa shape index (κ2) is 3.92. The molecule has 0 heterocycles. The standard InChI is InChI=1S/C11H15F3N2/c12-11(13,14)10(5-6-10)16-9-4-2-1-3-8(9)7-15/h8-9,16H,1-6H2. The third-order valence-corrected chi connectivity index (χ3v) is 3.69. The Morgan fingerprint density at radius 2 is 1.81 bits per heavy atom. The Hall–Kier alpha value is -0.760. The summed E-state index contributed by atoms with van der Waals surface area (Å²) in [4.78, 5) is 0. The highest BCUT2D eigenvalue weighted by atomic mass is 19.4. The molecule has 0 aromatic heterocycles. The van der Waals surface area contributed by atoms with Crippen LogP contribution < -0.4 is 5.32 Å². The predicted molar refractivity (Wildman–Crippen MR) is 52.5 cm³/mol. The Morgan fingerprint density at radius 3 is 2.31 bits per heavy atom. The number of nitrogens with zero attached hydrogens (tertiary/aromatic N) is 1. The SMILES string of the molecule is N#CC1CCCCC1NC1(C(F)(F)F)CC1. The van der Waals surface area contributed by atoms with Gasteiger partial charge < -0.3 is 0 Å². The van der Waals surface area contributed by atoms with E-state index < -0.39 is 11.7 Å². The maximum Gasteiger partial charge on any atom is 0.406 e. The quantitative estimate of drug-likeness (QED) is 0.794. The Kier molecular flexibility index (Phi) is 2.87. The van der Waals surface area contributed by atoms with Gasteiger partial charge in [0.1, 0.15) is 5.54 Å². The highest BCUT2D eigenvalue weighted by molar-refractivity contribution is 5.11. The minimum Gasteiger partial charge on any atom is -0.299 e. The fourth-order valence-electron chi connectivity index (χ4n) is 2.45. The summed E-state index contributed by atoms with van der Waals surface area (Å²) in [5.41, 5.74) is -1.68. The molecule has 0 radical (unpaired) electrons. The first-order chi connectivity index (χ1) is 7.48. The van der Waals surface area contributed by atoms with Gasteiger partial charge in [0.2, 0.25) is 0 Å². The van der Waals surface area contributed by atoms with Gasteiger partial charge in [-0.15, -0.1) is 0 Å². The molecule has 1 N–H and O–H groups in total. The molecule has 0 aromatic rings. The monoisotopic (exact) mass is 232 g/mol. The van der Waals surface area contributed by atoms with Gasteiger partial charge in [-0.25, -0.2) is 0 Å². The number of alkyl halides is 3. The van der Waals surface area contributed by atoms with Gasteiger partial charge in [-0.2, -0.15) is 18.4 Å². The van der Waals surface area contributed by atoms with Crippen molar-refractivity contribution in [1.82, 2.24) is 5.32 Å². The zero-order valence-electron chi connectivity index (χ0n) is 8.98. The van der Waals surface area contributed by atoms with Crippen molar-refractivity contribution in [2.45, 2.75) is 56.3 Å². The van der Waals surface area contributed by atoms with E-state index in [2.05, 4.69) is 11.4 Å². The highest BCUT2D eigenvalue weighted by Crippen LogP contribution is 2.50. The summed E-state index contributed by atoms with van der Waals surface area (Å²) in [7, 11) is 0. The highest BCUT2D eigenvalue weighted by Gasteiger charge is 2.64. The number of rotatable bonds is 2. The Bertz CT molecular complexity index is 301.